The normalized spacial score (nSPS) is 11.0. The van der Waals surface area contributed by atoms with Crippen molar-refractivity contribution in [2.75, 3.05) is 13.2 Å². The van der Waals surface area contributed by atoms with Gasteiger partial charge in [-0.15, -0.1) is 5.10 Å². The molecule has 0 spiro atoms. The highest BCUT2D eigenvalue weighted by Gasteiger charge is 2.24. The molecule has 0 fully saturated rings. The number of aromatic amines is 1. The number of hydrogen-bond acceptors (Lipinski definition) is 4. The first kappa shape index (κ1) is 15.6. The van der Waals surface area contributed by atoms with Crippen LogP contribution < -0.4 is 0 Å². The van der Waals surface area contributed by atoms with Gasteiger partial charge in [-0.3, -0.25) is 9.89 Å². The zero-order valence-corrected chi connectivity index (χ0v) is 12.0. The van der Waals surface area contributed by atoms with Gasteiger partial charge >= 0.3 is 0 Å². The summed E-state index contributed by atoms with van der Waals surface area (Å²) in [4.78, 5) is 18.3. The summed E-state index contributed by atoms with van der Waals surface area (Å²) in [6.07, 6.45) is 3.45. The number of aromatic nitrogens is 3. The third kappa shape index (κ3) is 4.02. The van der Waals surface area contributed by atoms with Crippen LogP contribution in [0.1, 0.15) is 56.5 Å². The fourth-order valence-corrected chi connectivity index (χ4v) is 2.16. The zero-order chi connectivity index (χ0) is 14.3. The molecular weight excluding hydrogens is 244 g/mol. The van der Waals surface area contributed by atoms with Gasteiger partial charge < -0.3 is 10.0 Å². The first-order chi connectivity index (χ1) is 9.17. The fraction of sp³-hybridized carbons (Fsp3) is 0.769. The molecule has 6 heteroatoms. The summed E-state index contributed by atoms with van der Waals surface area (Å²) < 4.78 is 0. The van der Waals surface area contributed by atoms with E-state index in [1.54, 1.807) is 4.90 Å². The molecule has 108 valence electrons. The van der Waals surface area contributed by atoms with Crippen LogP contribution in [0.4, 0.5) is 0 Å². The van der Waals surface area contributed by atoms with Crippen molar-refractivity contribution in [2.45, 2.75) is 52.5 Å². The lowest BCUT2D eigenvalue weighted by molar-refractivity contribution is 0.0610. The first-order valence-corrected chi connectivity index (χ1v) is 7.00. The van der Waals surface area contributed by atoms with E-state index in [1.807, 2.05) is 20.8 Å². The van der Waals surface area contributed by atoms with Gasteiger partial charge in [-0.1, -0.05) is 20.8 Å². The zero-order valence-electron chi connectivity index (χ0n) is 12.0. The van der Waals surface area contributed by atoms with Crippen molar-refractivity contribution < 1.29 is 9.90 Å². The van der Waals surface area contributed by atoms with Crippen molar-refractivity contribution in [1.29, 1.82) is 0 Å². The summed E-state index contributed by atoms with van der Waals surface area (Å²) in [6, 6.07) is 0.118. The Morgan fingerprint density at radius 1 is 1.37 bits per heavy atom. The van der Waals surface area contributed by atoms with Crippen LogP contribution in [0.5, 0.6) is 0 Å². The topological polar surface area (TPSA) is 82.1 Å². The van der Waals surface area contributed by atoms with E-state index in [0.29, 0.717) is 6.54 Å². The number of hydrogen-bond donors (Lipinski definition) is 2. The van der Waals surface area contributed by atoms with Gasteiger partial charge in [0.2, 0.25) is 5.82 Å². The molecule has 0 saturated heterocycles. The number of H-pyrrole nitrogens is 1. The minimum absolute atomic E-state index is 0.0471. The van der Waals surface area contributed by atoms with Gasteiger partial charge in [0.1, 0.15) is 5.82 Å². The lowest BCUT2D eigenvalue weighted by Gasteiger charge is -2.28. The van der Waals surface area contributed by atoms with E-state index in [2.05, 4.69) is 15.2 Å². The van der Waals surface area contributed by atoms with Crippen molar-refractivity contribution >= 4 is 5.91 Å². The van der Waals surface area contributed by atoms with Gasteiger partial charge in [-0.25, -0.2) is 4.98 Å². The van der Waals surface area contributed by atoms with Crippen LogP contribution in [-0.4, -0.2) is 50.3 Å². The molecule has 0 aliphatic heterocycles. The number of carbonyl (C=O) groups is 1. The maximum Gasteiger partial charge on any atom is 0.293 e. The van der Waals surface area contributed by atoms with E-state index in [1.165, 1.54) is 0 Å². The van der Waals surface area contributed by atoms with Crippen LogP contribution in [0.25, 0.3) is 0 Å². The molecule has 0 aromatic carbocycles. The monoisotopic (exact) mass is 268 g/mol. The molecule has 19 heavy (non-hydrogen) atoms. The summed E-state index contributed by atoms with van der Waals surface area (Å²) in [7, 11) is 0. The van der Waals surface area contributed by atoms with E-state index in [0.717, 1.165) is 31.5 Å². The Labute approximate surface area is 114 Å². The fourth-order valence-electron chi connectivity index (χ4n) is 2.16. The molecule has 1 rings (SSSR count). The molecule has 0 aliphatic rings. The summed E-state index contributed by atoms with van der Waals surface area (Å²) in [5, 5.41) is 15.9. The molecule has 1 heterocycles. The highest BCUT2D eigenvalue weighted by molar-refractivity contribution is 5.90. The van der Waals surface area contributed by atoms with Crippen LogP contribution in [0.15, 0.2) is 0 Å². The molecule has 0 aliphatic carbocycles. The Bertz CT molecular complexity index is 388. The minimum atomic E-state index is -0.207. The van der Waals surface area contributed by atoms with Gasteiger partial charge in [-0.2, -0.15) is 0 Å². The lowest BCUT2D eigenvalue weighted by Crippen LogP contribution is -2.42. The number of aliphatic hydroxyl groups excluding tert-OH is 1. The molecule has 1 aromatic heterocycles. The highest BCUT2D eigenvalue weighted by atomic mass is 16.3. The van der Waals surface area contributed by atoms with Gasteiger partial charge in [0, 0.05) is 19.0 Å². The van der Waals surface area contributed by atoms with E-state index < -0.39 is 0 Å². The smallest absolute Gasteiger partial charge is 0.293 e. The van der Waals surface area contributed by atoms with Crippen LogP contribution in [0, 0.1) is 0 Å². The Morgan fingerprint density at radius 2 is 2.05 bits per heavy atom. The predicted molar refractivity (Wildman–Crippen MR) is 72.9 cm³/mol. The summed E-state index contributed by atoms with van der Waals surface area (Å²) in [5.41, 5.74) is 0. The maximum absolute atomic E-state index is 12.4. The van der Waals surface area contributed by atoms with Gasteiger partial charge in [0.05, 0.1) is 6.61 Å². The average molecular weight is 268 g/mol. The number of carbonyl (C=O) groups excluding carboxylic acids is 1. The van der Waals surface area contributed by atoms with Crippen molar-refractivity contribution in [2.24, 2.45) is 0 Å². The van der Waals surface area contributed by atoms with Crippen molar-refractivity contribution in [3.05, 3.63) is 11.6 Å². The molecular formula is C13H24N4O2. The maximum atomic E-state index is 12.4. The summed E-state index contributed by atoms with van der Waals surface area (Å²) in [5.74, 6) is 0.726. The summed E-state index contributed by atoms with van der Waals surface area (Å²) >= 11 is 0. The standard InChI is InChI=1S/C13H24N4O2/c1-4-7-11-14-12(16-15-11)13(19)17(8-9-18)10(5-2)6-3/h10,18H,4-9H2,1-3H3,(H,14,15,16). The van der Waals surface area contributed by atoms with Gasteiger partial charge in [0.25, 0.3) is 5.91 Å². The predicted octanol–water partition coefficient (Wildman–Crippen LogP) is 1.38. The lowest BCUT2D eigenvalue weighted by atomic mass is 10.1. The summed E-state index contributed by atoms with van der Waals surface area (Å²) in [6.45, 7) is 6.39. The van der Waals surface area contributed by atoms with E-state index in [4.69, 9.17) is 5.11 Å². The minimum Gasteiger partial charge on any atom is -0.395 e. The van der Waals surface area contributed by atoms with Crippen molar-refractivity contribution in [3.63, 3.8) is 0 Å². The Morgan fingerprint density at radius 3 is 2.58 bits per heavy atom. The average Bonchev–Trinajstić information content (AvgIpc) is 2.87. The van der Waals surface area contributed by atoms with Crippen LogP contribution in [0.2, 0.25) is 0 Å². The first-order valence-electron chi connectivity index (χ1n) is 7.00. The van der Waals surface area contributed by atoms with Crippen LogP contribution in [-0.2, 0) is 6.42 Å². The molecule has 6 nitrogen and oxygen atoms in total. The van der Waals surface area contributed by atoms with E-state index >= 15 is 0 Å². The molecule has 1 aromatic rings. The number of amides is 1. The third-order valence-electron chi connectivity index (χ3n) is 3.19. The largest absolute Gasteiger partial charge is 0.395 e. The van der Waals surface area contributed by atoms with E-state index in [-0.39, 0.29) is 24.4 Å². The second-order valence-corrected chi connectivity index (χ2v) is 4.55. The van der Waals surface area contributed by atoms with Gasteiger partial charge in [-0.05, 0) is 19.3 Å². The second-order valence-electron chi connectivity index (χ2n) is 4.55. The molecule has 0 unspecified atom stereocenters. The van der Waals surface area contributed by atoms with Crippen molar-refractivity contribution in [1.82, 2.24) is 20.1 Å². The molecule has 0 radical (unpaired) electrons. The highest BCUT2D eigenvalue weighted by Crippen LogP contribution is 2.11. The molecule has 2 N–H and O–H groups in total. The Hall–Kier alpha value is -1.43. The van der Waals surface area contributed by atoms with E-state index in [9.17, 15) is 4.79 Å². The SMILES string of the molecule is CCCc1nc(C(=O)N(CCO)C(CC)CC)n[nH]1. The number of aliphatic hydroxyl groups is 1. The molecule has 1 amide bonds. The molecule has 0 bridgehead atoms. The van der Waals surface area contributed by atoms with Crippen LogP contribution in [0.3, 0.4) is 0 Å². The number of nitrogens with zero attached hydrogens (tertiary/aromatic N) is 3. The Kier molecular flexibility index (Phi) is 6.49. The number of aryl methyl sites for hydroxylation is 1. The Balaban J connectivity index is 2.85. The molecule has 0 saturated carbocycles. The number of nitrogens with one attached hydrogen (secondary N) is 1. The van der Waals surface area contributed by atoms with Crippen LogP contribution >= 0.6 is 0 Å². The third-order valence-corrected chi connectivity index (χ3v) is 3.19. The second kappa shape index (κ2) is 7.89. The quantitative estimate of drug-likeness (QED) is 0.746. The van der Waals surface area contributed by atoms with Gasteiger partial charge in [0.15, 0.2) is 0 Å². The molecule has 0 atom stereocenters. The number of rotatable bonds is 8. The van der Waals surface area contributed by atoms with Crippen molar-refractivity contribution in [3.8, 4) is 0 Å².